The Morgan fingerprint density at radius 3 is 2.50 bits per heavy atom. The van der Waals surface area contributed by atoms with Gasteiger partial charge in [0.25, 0.3) is 0 Å². The van der Waals surface area contributed by atoms with Crippen LogP contribution in [0.15, 0.2) is 48.5 Å². The number of aromatic nitrogens is 3. The summed E-state index contributed by atoms with van der Waals surface area (Å²) in [5.41, 5.74) is 0.783. The van der Waals surface area contributed by atoms with Crippen LogP contribution in [-0.2, 0) is 0 Å². The van der Waals surface area contributed by atoms with Crippen LogP contribution in [0.3, 0.4) is 0 Å². The molecule has 0 radical (unpaired) electrons. The molecule has 0 spiro atoms. The third-order valence-electron chi connectivity index (χ3n) is 2.88. The van der Waals surface area contributed by atoms with Crippen LogP contribution in [0.2, 0.25) is 0 Å². The summed E-state index contributed by atoms with van der Waals surface area (Å²) in [5, 5.41) is 6.61. The number of hydrogen-bond donors (Lipinski definition) is 1. The van der Waals surface area contributed by atoms with Crippen molar-refractivity contribution in [3.63, 3.8) is 0 Å². The summed E-state index contributed by atoms with van der Waals surface area (Å²) in [6.45, 7) is 0. The van der Waals surface area contributed by atoms with Gasteiger partial charge in [-0.3, -0.25) is 9.67 Å². The first-order valence-corrected chi connectivity index (χ1v) is 6.26. The molecule has 3 rings (SSSR count). The number of H-pyrrole nitrogens is 1. The van der Waals surface area contributed by atoms with Crippen molar-refractivity contribution in [3.8, 4) is 17.1 Å². The van der Waals surface area contributed by atoms with E-state index in [9.17, 15) is 8.78 Å². The van der Waals surface area contributed by atoms with Crippen molar-refractivity contribution >= 4 is 12.2 Å². The van der Waals surface area contributed by atoms with E-state index in [2.05, 4.69) is 10.2 Å². The summed E-state index contributed by atoms with van der Waals surface area (Å²) in [5.74, 6) is -1.63. The van der Waals surface area contributed by atoms with Crippen LogP contribution in [0.1, 0.15) is 0 Å². The van der Waals surface area contributed by atoms with Crippen molar-refractivity contribution in [1.82, 2.24) is 14.8 Å². The van der Waals surface area contributed by atoms with E-state index in [0.29, 0.717) is 4.77 Å². The minimum absolute atomic E-state index is 0.0567. The van der Waals surface area contributed by atoms with Crippen molar-refractivity contribution in [2.45, 2.75) is 0 Å². The van der Waals surface area contributed by atoms with E-state index in [0.717, 1.165) is 11.8 Å². The van der Waals surface area contributed by atoms with Crippen LogP contribution in [-0.4, -0.2) is 14.8 Å². The maximum absolute atomic E-state index is 13.9. The Labute approximate surface area is 118 Å². The number of nitrogens with one attached hydrogen (secondary N) is 1. The molecule has 0 amide bonds. The number of rotatable bonds is 2. The second-order valence-corrected chi connectivity index (χ2v) is 4.51. The fourth-order valence-electron chi connectivity index (χ4n) is 1.97. The molecule has 1 heterocycles. The Hall–Kier alpha value is -2.34. The number of para-hydroxylation sites is 1. The highest BCUT2D eigenvalue weighted by Gasteiger charge is 2.16. The first-order valence-electron chi connectivity index (χ1n) is 5.85. The molecule has 0 bridgehead atoms. The van der Waals surface area contributed by atoms with Gasteiger partial charge in [0, 0.05) is 5.69 Å². The second kappa shape index (κ2) is 4.97. The standard InChI is InChI=1S/C14H9F2N3S/c15-11-8-4-7-10(12(11)16)13-17-18-14(20)19(13)9-5-2-1-3-6-9/h1-8H,(H,18,20). The van der Waals surface area contributed by atoms with E-state index in [1.54, 1.807) is 4.57 Å². The number of aromatic amines is 1. The molecule has 2 aromatic carbocycles. The Morgan fingerprint density at radius 2 is 1.75 bits per heavy atom. The topological polar surface area (TPSA) is 33.6 Å². The van der Waals surface area contributed by atoms with E-state index < -0.39 is 11.6 Å². The summed E-state index contributed by atoms with van der Waals surface area (Å²) < 4.78 is 29.2. The SMILES string of the molecule is Fc1cccc(-c2n[nH]c(=S)n2-c2ccccc2)c1F. The normalized spacial score (nSPS) is 10.7. The van der Waals surface area contributed by atoms with Gasteiger partial charge in [-0.05, 0) is 36.5 Å². The molecule has 0 saturated heterocycles. The maximum atomic E-state index is 13.9. The Balaban J connectivity index is 2.27. The number of halogens is 2. The monoisotopic (exact) mass is 289 g/mol. The van der Waals surface area contributed by atoms with Gasteiger partial charge in [0.15, 0.2) is 22.2 Å². The summed E-state index contributed by atoms with van der Waals surface area (Å²) >= 11 is 5.16. The molecule has 1 N–H and O–H groups in total. The summed E-state index contributed by atoms with van der Waals surface area (Å²) in [4.78, 5) is 0. The van der Waals surface area contributed by atoms with Crippen LogP contribution >= 0.6 is 12.2 Å². The average molecular weight is 289 g/mol. The Kier molecular flexibility index (Phi) is 3.15. The molecule has 0 aliphatic heterocycles. The minimum Gasteiger partial charge on any atom is -0.268 e. The molecule has 3 nitrogen and oxygen atoms in total. The van der Waals surface area contributed by atoms with Crippen LogP contribution in [0, 0.1) is 16.4 Å². The fraction of sp³-hybridized carbons (Fsp3) is 0. The Morgan fingerprint density at radius 1 is 1.00 bits per heavy atom. The van der Waals surface area contributed by atoms with Gasteiger partial charge in [0.2, 0.25) is 0 Å². The van der Waals surface area contributed by atoms with Gasteiger partial charge in [0.1, 0.15) is 0 Å². The van der Waals surface area contributed by atoms with Crippen molar-refractivity contribution in [2.75, 3.05) is 0 Å². The fourth-order valence-corrected chi connectivity index (χ4v) is 2.21. The quantitative estimate of drug-likeness (QED) is 0.726. The lowest BCUT2D eigenvalue weighted by molar-refractivity contribution is 0.510. The molecule has 100 valence electrons. The zero-order valence-corrected chi connectivity index (χ0v) is 11.0. The smallest absolute Gasteiger partial charge is 0.200 e. The van der Waals surface area contributed by atoms with Crippen LogP contribution in [0.5, 0.6) is 0 Å². The van der Waals surface area contributed by atoms with Crippen molar-refractivity contribution in [1.29, 1.82) is 0 Å². The van der Waals surface area contributed by atoms with Crippen molar-refractivity contribution in [3.05, 3.63) is 64.9 Å². The predicted molar refractivity (Wildman–Crippen MR) is 74.1 cm³/mol. The molecule has 3 aromatic rings. The van der Waals surface area contributed by atoms with Gasteiger partial charge >= 0.3 is 0 Å². The summed E-state index contributed by atoms with van der Waals surface area (Å²) in [6.07, 6.45) is 0. The first kappa shape index (κ1) is 12.7. The lowest BCUT2D eigenvalue weighted by Gasteiger charge is -2.07. The van der Waals surface area contributed by atoms with Crippen molar-refractivity contribution in [2.24, 2.45) is 0 Å². The predicted octanol–water partition coefficient (Wildman–Crippen LogP) is 3.88. The molecule has 0 unspecified atom stereocenters. The largest absolute Gasteiger partial charge is 0.268 e. The highest BCUT2D eigenvalue weighted by molar-refractivity contribution is 7.71. The molecule has 0 aliphatic carbocycles. The molecular formula is C14H9F2N3S. The van der Waals surface area contributed by atoms with Crippen molar-refractivity contribution < 1.29 is 8.78 Å². The highest BCUT2D eigenvalue weighted by Crippen LogP contribution is 2.25. The minimum atomic E-state index is -0.946. The van der Waals surface area contributed by atoms with Gasteiger partial charge in [-0.25, -0.2) is 8.78 Å². The molecule has 1 aromatic heterocycles. The summed E-state index contributed by atoms with van der Waals surface area (Å²) in [7, 11) is 0. The molecule has 6 heteroatoms. The third-order valence-corrected chi connectivity index (χ3v) is 3.15. The van der Waals surface area contributed by atoms with Crippen LogP contribution in [0.25, 0.3) is 17.1 Å². The van der Waals surface area contributed by atoms with E-state index in [1.807, 2.05) is 30.3 Å². The second-order valence-electron chi connectivity index (χ2n) is 4.12. The van der Waals surface area contributed by atoms with Crippen LogP contribution < -0.4 is 0 Å². The number of hydrogen-bond acceptors (Lipinski definition) is 2. The summed E-state index contributed by atoms with van der Waals surface area (Å²) in [6, 6.07) is 13.1. The number of benzene rings is 2. The van der Waals surface area contributed by atoms with E-state index in [-0.39, 0.29) is 11.4 Å². The molecular weight excluding hydrogens is 280 g/mol. The molecule has 0 fully saturated rings. The molecule has 0 aliphatic rings. The first-order chi connectivity index (χ1) is 9.68. The van der Waals surface area contributed by atoms with Gasteiger partial charge in [-0.1, -0.05) is 24.3 Å². The highest BCUT2D eigenvalue weighted by atomic mass is 32.1. The van der Waals surface area contributed by atoms with Gasteiger partial charge < -0.3 is 0 Å². The number of nitrogens with zero attached hydrogens (tertiary/aromatic N) is 2. The third kappa shape index (κ3) is 2.04. The molecule has 0 atom stereocenters. The van der Waals surface area contributed by atoms with Gasteiger partial charge in [0.05, 0.1) is 5.56 Å². The zero-order valence-electron chi connectivity index (χ0n) is 10.2. The van der Waals surface area contributed by atoms with Crippen LogP contribution in [0.4, 0.5) is 8.78 Å². The average Bonchev–Trinajstić information content (AvgIpc) is 2.84. The van der Waals surface area contributed by atoms with Gasteiger partial charge in [-0.2, -0.15) is 5.10 Å². The van der Waals surface area contributed by atoms with E-state index >= 15 is 0 Å². The molecule has 0 saturated carbocycles. The Bertz CT molecular complexity index is 809. The zero-order chi connectivity index (χ0) is 14.1. The lowest BCUT2D eigenvalue weighted by atomic mass is 10.2. The lowest BCUT2D eigenvalue weighted by Crippen LogP contribution is -2.00. The van der Waals surface area contributed by atoms with Gasteiger partial charge in [-0.15, -0.1) is 0 Å². The maximum Gasteiger partial charge on any atom is 0.200 e. The van der Waals surface area contributed by atoms with E-state index in [4.69, 9.17) is 12.2 Å². The molecule has 20 heavy (non-hydrogen) atoms. The van der Waals surface area contributed by atoms with E-state index in [1.165, 1.54) is 12.1 Å².